The third kappa shape index (κ3) is 6.08. The number of ether oxygens (including phenoxy) is 1. The van der Waals surface area contributed by atoms with Crippen LogP contribution in [0.3, 0.4) is 0 Å². The number of likely N-dealkylation sites (N-methyl/N-ethyl adjacent to an activating group) is 1. The highest BCUT2D eigenvalue weighted by Crippen LogP contribution is 2.14. The molecule has 0 saturated carbocycles. The number of amides is 3. The van der Waals surface area contributed by atoms with Gasteiger partial charge in [-0.2, -0.15) is 0 Å². The lowest BCUT2D eigenvalue weighted by Crippen LogP contribution is -2.54. The molecule has 1 rings (SSSR count). The summed E-state index contributed by atoms with van der Waals surface area (Å²) in [4.78, 5) is 23.9. The van der Waals surface area contributed by atoms with Crippen LogP contribution in [0.2, 0.25) is 0 Å². The van der Waals surface area contributed by atoms with Gasteiger partial charge < -0.3 is 15.4 Å². The van der Waals surface area contributed by atoms with Gasteiger partial charge >= 0.3 is 6.03 Å². The van der Waals surface area contributed by atoms with Gasteiger partial charge in [-0.3, -0.25) is 15.2 Å². The molecule has 0 spiro atoms. The fraction of sp³-hybridized carbons (Fsp3) is 0.667. The van der Waals surface area contributed by atoms with Gasteiger partial charge in [0, 0.05) is 7.05 Å². The topological polar surface area (TPSA) is 108 Å². The lowest BCUT2D eigenvalue weighted by atomic mass is 10.1. The van der Waals surface area contributed by atoms with E-state index >= 15 is 0 Å². The van der Waals surface area contributed by atoms with Gasteiger partial charge in [0.2, 0.25) is 11.0 Å². The van der Waals surface area contributed by atoms with Crippen LogP contribution in [0.15, 0.2) is 0 Å². The van der Waals surface area contributed by atoms with Crippen molar-refractivity contribution in [1.82, 2.24) is 20.8 Å². The van der Waals surface area contributed by atoms with Gasteiger partial charge in [-0.05, 0) is 39.9 Å². The van der Waals surface area contributed by atoms with E-state index in [4.69, 9.17) is 17.0 Å². The zero-order valence-electron chi connectivity index (χ0n) is 13.1. The van der Waals surface area contributed by atoms with Gasteiger partial charge in [0.15, 0.2) is 3.95 Å². The lowest BCUT2D eigenvalue weighted by molar-refractivity contribution is -0.130. The Kier molecular flexibility index (Phi) is 6.45. The number of nitrogens with one attached hydrogen (secondary N) is 4. The third-order valence-corrected chi connectivity index (χ3v) is 3.49. The summed E-state index contributed by atoms with van der Waals surface area (Å²) in [5.41, 5.74) is -0.439. The maximum atomic E-state index is 12.0. The Bertz CT molecular complexity index is 578. The van der Waals surface area contributed by atoms with Crippen molar-refractivity contribution in [3.8, 4) is 0 Å². The fourth-order valence-corrected chi connectivity index (χ4v) is 2.52. The van der Waals surface area contributed by atoms with Crippen LogP contribution < -0.4 is 16.0 Å². The van der Waals surface area contributed by atoms with E-state index < -0.39 is 23.8 Å². The Morgan fingerprint density at radius 1 is 1.41 bits per heavy atom. The van der Waals surface area contributed by atoms with Crippen LogP contribution in [0.1, 0.15) is 27.7 Å². The average Bonchev–Trinajstić information content (AvgIpc) is 2.78. The molecular weight excluding hydrogens is 326 g/mol. The molecule has 1 aromatic heterocycles. The maximum absolute atomic E-state index is 12.0. The number of carbonyl (C=O) groups is 2. The van der Waals surface area contributed by atoms with E-state index in [1.165, 1.54) is 7.05 Å². The molecule has 0 aliphatic carbocycles. The van der Waals surface area contributed by atoms with Crippen LogP contribution in [0.4, 0.5) is 9.93 Å². The lowest BCUT2D eigenvalue weighted by Gasteiger charge is -2.30. The van der Waals surface area contributed by atoms with Crippen molar-refractivity contribution in [2.24, 2.45) is 0 Å². The summed E-state index contributed by atoms with van der Waals surface area (Å²) in [5.74, 6) is -0.346. The molecule has 3 amide bonds. The van der Waals surface area contributed by atoms with Crippen molar-refractivity contribution < 1.29 is 14.3 Å². The van der Waals surface area contributed by atoms with Crippen molar-refractivity contribution in [2.45, 2.75) is 45.4 Å². The van der Waals surface area contributed by atoms with E-state index in [-0.39, 0.29) is 5.91 Å². The minimum atomic E-state index is -0.837. The molecule has 0 saturated heterocycles. The van der Waals surface area contributed by atoms with Crippen LogP contribution in [-0.4, -0.2) is 46.9 Å². The Morgan fingerprint density at radius 3 is 2.50 bits per heavy atom. The number of carbonyl (C=O) groups excluding carboxylic acids is 2. The molecule has 22 heavy (non-hydrogen) atoms. The van der Waals surface area contributed by atoms with Gasteiger partial charge in [-0.25, -0.2) is 4.79 Å². The smallest absolute Gasteiger partial charge is 0.321 e. The number of anilines is 1. The average molecular weight is 347 g/mol. The fourth-order valence-electron chi connectivity index (χ4n) is 1.74. The predicted molar refractivity (Wildman–Crippen MR) is 87.6 cm³/mol. The highest BCUT2D eigenvalue weighted by Gasteiger charge is 2.30. The first kappa shape index (κ1) is 18.5. The molecule has 0 aromatic carbocycles. The largest absolute Gasteiger partial charge is 0.370 e. The maximum Gasteiger partial charge on any atom is 0.321 e. The Labute approximate surface area is 138 Å². The summed E-state index contributed by atoms with van der Waals surface area (Å²) in [7, 11) is 1.50. The van der Waals surface area contributed by atoms with Gasteiger partial charge in [-0.1, -0.05) is 11.3 Å². The van der Waals surface area contributed by atoms with Crippen LogP contribution in [-0.2, 0) is 9.53 Å². The van der Waals surface area contributed by atoms with E-state index in [2.05, 4.69) is 26.1 Å². The SMILES string of the molecule is CNC(=O)[C@@H](NC(=O)Nc1n[nH]c(=S)s1)C(C)OC(C)(C)C. The molecular formula is C12H21N5O3S2. The van der Waals surface area contributed by atoms with E-state index in [1.54, 1.807) is 6.92 Å². The molecule has 1 unspecified atom stereocenters. The minimum absolute atomic E-state index is 0.322. The van der Waals surface area contributed by atoms with E-state index in [1.807, 2.05) is 20.8 Å². The number of nitrogens with zero attached hydrogens (tertiary/aromatic N) is 1. The summed E-state index contributed by atoms with van der Waals surface area (Å²) in [5, 5.41) is 14.3. The molecule has 2 atom stereocenters. The van der Waals surface area contributed by atoms with Crippen molar-refractivity contribution in [2.75, 3.05) is 12.4 Å². The van der Waals surface area contributed by atoms with Crippen LogP contribution in [0.25, 0.3) is 0 Å². The molecule has 0 aliphatic heterocycles. The number of urea groups is 1. The van der Waals surface area contributed by atoms with E-state index in [0.29, 0.717) is 9.09 Å². The Balaban J connectivity index is 2.74. The molecule has 10 heteroatoms. The van der Waals surface area contributed by atoms with Crippen molar-refractivity contribution in [1.29, 1.82) is 0 Å². The summed E-state index contributed by atoms with van der Waals surface area (Å²) in [6.07, 6.45) is -0.511. The molecule has 0 aliphatic rings. The number of hydrogen-bond acceptors (Lipinski definition) is 6. The van der Waals surface area contributed by atoms with Crippen molar-refractivity contribution in [3.05, 3.63) is 3.95 Å². The first-order valence-electron chi connectivity index (χ1n) is 6.65. The van der Waals surface area contributed by atoms with Crippen molar-refractivity contribution in [3.63, 3.8) is 0 Å². The number of hydrogen-bond donors (Lipinski definition) is 4. The van der Waals surface area contributed by atoms with E-state index in [9.17, 15) is 9.59 Å². The van der Waals surface area contributed by atoms with Crippen LogP contribution >= 0.6 is 23.6 Å². The van der Waals surface area contributed by atoms with Crippen LogP contribution in [0, 0.1) is 3.95 Å². The first-order chi connectivity index (χ1) is 10.1. The molecule has 8 nitrogen and oxygen atoms in total. The first-order valence-corrected chi connectivity index (χ1v) is 7.87. The number of aromatic amines is 1. The molecule has 1 heterocycles. The highest BCUT2D eigenvalue weighted by molar-refractivity contribution is 7.73. The quantitative estimate of drug-likeness (QED) is 0.606. The molecule has 1 aromatic rings. The van der Waals surface area contributed by atoms with Gasteiger partial charge in [0.05, 0.1) is 11.7 Å². The normalized spacial score (nSPS) is 14.0. The number of aromatic nitrogens is 2. The second-order valence-corrected chi connectivity index (χ2v) is 7.21. The Hall–Kier alpha value is -1.52. The highest BCUT2D eigenvalue weighted by atomic mass is 32.1. The second kappa shape index (κ2) is 7.65. The molecule has 0 fully saturated rings. The number of H-pyrrole nitrogens is 1. The number of rotatable bonds is 5. The molecule has 4 N–H and O–H groups in total. The minimum Gasteiger partial charge on any atom is -0.370 e. The zero-order chi connectivity index (χ0) is 16.9. The molecule has 0 radical (unpaired) electrons. The summed E-state index contributed by atoms with van der Waals surface area (Å²) in [6.45, 7) is 7.35. The van der Waals surface area contributed by atoms with Gasteiger partial charge in [0.25, 0.3) is 0 Å². The van der Waals surface area contributed by atoms with Crippen LogP contribution in [0.5, 0.6) is 0 Å². The second-order valence-electron chi connectivity index (χ2n) is 5.54. The predicted octanol–water partition coefficient (Wildman–Crippen LogP) is 1.64. The third-order valence-electron chi connectivity index (χ3n) is 2.48. The summed E-state index contributed by atoms with van der Waals surface area (Å²) < 4.78 is 6.19. The molecule has 124 valence electrons. The summed E-state index contributed by atoms with van der Waals surface area (Å²) in [6, 6.07) is -1.40. The standard InChI is InChI=1S/C12H21N5O3S2/c1-6(20-12(2,3)4)7(8(18)13-5)14-9(19)15-10-16-17-11(21)22-10/h6-7H,1-5H3,(H,13,18)(H,17,21)(H2,14,15,16,19)/t6?,7-/m0/s1. The summed E-state index contributed by atoms with van der Waals surface area (Å²) >= 11 is 6.00. The van der Waals surface area contributed by atoms with Crippen molar-refractivity contribution >= 4 is 40.6 Å². The van der Waals surface area contributed by atoms with Gasteiger partial charge in [-0.15, -0.1) is 5.10 Å². The monoisotopic (exact) mass is 347 g/mol. The zero-order valence-corrected chi connectivity index (χ0v) is 14.8. The Morgan fingerprint density at radius 2 is 2.05 bits per heavy atom. The molecule has 0 bridgehead atoms. The van der Waals surface area contributed by atoms with Gasteiger partial charge in [0.1, 0.15) is 6.04 Å². The van der Waals surface area contributed by atoms with E-state index in [0.717, 1.165) is 11.3 Å².